The second kappa shape index (κ2) is 8.31. The van der Waals surface area contributed by atoms with Crippen molar-refractivity contribution in [1.82, 2.24) is 9.55 Å². The van der Waals surface area contributed by atoms with Gasteiger partial charge in [0.05, 0.1) is 5.75 Å². The molecule has 0 fully saturated rings. The average Bonchev–Trinajstić information content (AvgIpc) is 2.72. The monoisotopic (exact) mass is 426 g/mol. The quantitative estimate of drug-likeness (QED) is 0.509. The van der Waals surface area contributed by atoms with E-state index in [2.05, 4.69) is 11.1 Å². The molecule has 4 rings (SSSR count). The van der Waals surface area contributed by atoms with E-state index in [0.29, 0.717) is 16.7 Å². The van der Waals surface area contributed by atoms with Crippen LogP contribution in [0, 0.1) is 0 Å². The molecule has 2 heterocycles. The molecule has 2 aromatic carbocycles. The topological polar surface area (TPSA) is 81.2 Å². The van der Waals surface area contributed by atoms with Crippen LogP contribution in [0.2, 0.25) is 5.02 Å². The number of halogens is 1. The number of hydrogen-bond acceptors (Lipinski definition) is 5. The van der Waals surface area contributed by atoms with Gasteiger partial charge in [0.25, 0.3) is 5.56 Å². The predicted molar refractivity (Wildman–Crippen MR) is 117 cm³/mol. The van der Waals surface area contributed by atoms with Crippen molar-refractivity contribution in [2.24, 2.45) is 0 Å². The SMILES string of the molecule is Nc1cc(=O)nc(SCC(=O)N2CCCc3ccccc32)n1-c1ccc(Cl)cc1. The van der Waals surface area contributed by atoms with Crippen LogP contribution in [-0.4, -0.2) is 27.8 Å². The van der Waals surface area contributed by atoms with Gasteiger partial charge in [0.2, 0.25) is 5.91 Å². The van der Waals surface area contributed by atoms with Crippen LogP contribution >= 0.6 is 23.4 Å². The number of rotatable bonds is 4. The zero-order valence-electron chi connectivity index (χ0n) is 15.5. The molecule has 3 aromatic rings. The number of aryl methyl sites for hydroxylation is 1. The zero-order valence-corrected chi connectivity index (χ0v) is 17.1. The fourth-order valence-corrected chi connectivity index (χ4v) is 4.45. The van der Waals surface area contributed by atoms with E-state index in [4.69, 9.17) is 17.3 Å². The van der Waals surface area contributed by atoms with Gasteiger partial charge < -0.3 is 10.6 Å². The van der Waals surface area contributed by atoms with E-state index in [9.17, 15) is 9.59 Å². The molecule has 1 aromatic heterocycles. The van der Waals surface area contributed by atoms with Gasteiger partial charge in [-0.15, -0.1) is 0 Å². The van der Waals surface area contributed by atoms with Crippen LogP contribution < -0.4 is 16.2 Å². The van der Waals surface area contributed by atoms with Crippen molar-refractivity contribution in [3.63, 3.8) is 0 Å². The van der Waals surface area contributed by atoms with Crippen molar-refractivity contribution in [1.29, 1.82) is 0 Å². The number of thioether (sulfide) groups is 1. The minimum atomic E-state index is -0.439. The molecular weight excluding hydrogens is 408 g/mol. The Morgan fingerprint density at radius 2 is 1.93 bits per heavy atom. The zero-order chi connectivity index (χ0) is 20.4. The van der Waals surface area contributed by atoms with Crippen molar-refractivity contribution in [2.45, 2.75) is 18.0 Å². The second-order valence-electron chi connectivity index (χ2n) is 6.68. The number of fused-ring (bicyclic) bond motifs is 1. The number of hydrogen-bond donors (Lipinski definition) is 1. The van der Waals surface area contributed by atoms with E-state index in [0.717, 1.165) is 24.2 Å². The van der Waals surface area contributed by atoms with Crippen LogP contribution in [0.1, 0.15) is 12.0 Å². The fourth-order valence-electron chi connectivity index (χ4n) is 3.42. The summed E-state index contributed by atoms with van der Waals surface area (Å²) >= 11 is 7.17. The van der Waals surface area contributed by atoms with Crippen LogP contribution in [0.25, 0.3) is 5.69 Å². The third-order valence-electron chi connectivity index (χ3n) is 4.75. The predicted octanol–water partition coefficient (Wildman–Crippen LogP) is 3.54. The molecule has 0 atom stereocenters. The lowest BCUT2D eigenvalue weighted by Crippen LogP contribution is -2.36. The summed E-state index contributed by atoms with van der Waals surface area (Å²) in [6.07, 6.45) is 1.90. The van der Waals surface area contributed by atoms with Gasteiger partial charge in [-0.05, 0) is 48.7 Å². The minimum Gasteiger partial charge on any atom is -0.385 e. The molecule has 0 unspecified atom stereocenters. The van der Waals surface area contributed by atoms with E-state index < -0.39 is 5.56 Å². The van der Waals surface area contributed by atoms with Crippen LogP contribution in [0.3, 0.4) is 0 Å². The highest BCUT2D eigenvalue weighted by Crippen LogP contribution is 2.29. The highest BCUT2D eigenvalue weighted by atomic mass is 35.5. The van der Waals surface area contributed by atoms with Gasteiger partial charge in [0.1, 0.15) is 5.82 Å². The lowest BCUT2D eigenvalue weighted by molar-refractivity contribution is -0.116. The van der Waals surface area contributed by atoms with Crippen LogP contribution in [0.5, 0.6) is 0 Å². The summed E-state index contributed by atoms with van der Waals surface area (Å²) in [5.74, 6) is 0.379. The Morgan fingerprint density at radius 3 is 2.72 bits per heavy atom. The third kappa shape index (κ3) is 4.16. The Kier molecular flexibility index (Phi) is 5.60. The molecule has 0 radical (unpaired) electrons. The molecule has 148 valence electrons. The molecular formula is C21H19ClN4O2S. The van der Waals surface area contributed by atoms with Crippen molar-refractivity contribution in [3.05, 3.63) is 75.5 Å². The number of para-hydroxylation sites is 1. The summed E-state index contributed by atoms with van der Waals surface area (Å²) in [6.45, 7) is 0.685. The Morgan fingerprint density at radius 1 is 1.17 bits per heavy atom. The Labute approximate surface area is 177 Å². The number of nitrogens with zero attached hydrogens (tertiary/aromatic N) is 3. The maximum atomic E-state index is 12.9. The fraction of sp³-hybridized carbons (Fsp3) is 0.190. The van der Waals surface area contributed by atoms with Gasteiger partial charge in [-0.3, -0.25) is 14.2 Å². The maximum Gasteiger partial charge on any atom is 0.275 e. The summed E-state index contributed by atoms with van der Waals surface area (Å²) in [4.78, 5) is 30.8. The van der Waals surface area contributed by atoms with Gasteiger partial charge in [0, 0.05) is 29.0 Å². The first-order valence-electron chi connectivity index (χ1n) is 9.19. The number of nitrogens with two attached hydrogens (primary N) is 1. The number of aromatic nitrogens is 2. The summed E-state index contributed by atoms with van der Waals surface area (Å²) in [5, 5.41) is 0.963. The Bertz CT molecular complexity index is 1110. The molecule has 2 N–H and O–H groups in total. The minimum absolute atomic E-state index is 0.0264. The van der Waals surface area contributed by atoms with E-state index >= 15 is 0 Å². The van der Waals surface area contributed by atoms with Crippen molar-refractivity contribution < 1.29 is 4.79 Å². The van der Waals surface area contributed by atoms with E-state index in [1.54, 1.807) is 28.8 Å². The first-order valence-corrected chi connectivity index (χ1v) is 10.6. The van der Waals surface area contributed by atoms with E-state index in [1.165, 1.54) is 23.4 Å². The smallest absolute Gasteiger partial charge is 0.275 e. The summed E-state index contributed by atoms with van der Waals surface area (Å²) in [7, 11) is 0. The maximum absolute atomic E-state index is 12.9. The van der Waals surface area contributed by atoms with Crippen LogP contribution in [-0.2, 0) is 11.2 Å². The van der Waals surface area contributed by atoms with Crippen molar-refractivity contribution >= 4 is 40.8 Å². The lowest BCUT2D eigenvalue weighted by Gasteiger charge is -2.29. The number of nitrogen functional groups attached to an aromatic ring is 1. The standard InChI is InChI=1S/C21H19ClN4O2S/c22-15-7-9-16(10-8-15)26-18(23)12-19(27)24-21(26)29-13-20(28)25-11-3-5-14-4-1-2-6-17(14)25/h1-2,4,6-10,12H,3,5,11,13,23H2. The van der Waals surface area contributed by atoms with Crippen LogP contribution in [0.15, 0.2) is 64.5 Å². The van der Waals surface area contributed by atoms with Gasteiger partial charge in [-0.25, -0.2) is 0 Å². The highest BCUT2D eigenvalue weighted by molar-refractivity contribution is 7.99. The number of benzene rings is 2. The molecule has 8 heteroatoms. The summed E-state index contributed by atoms with van der Waals surface area (Å²) in [5.41, 5.74) is 8.50. The van der Waals surface area contributed by atoms with Crippen LogP contribution in [0.4, 0.5) is 11.5 Å². The molecule has 6 nitrogen and oxygen atoms in total. The first-order chi connectivity index (χ1) is 14.0. The first kappa shape index (κ1) is 19.5. The molecule has 0 spiro atoms. The normalized spacial score (nSPS) is 13.2. The van der Waals surface area contributed by atoms with E-state index in [-0.39, 0.29) is 17.5 Å². The van der Waals surface area contributed by atoms with Crippen molar-refractivity contribution in [3.8, 4) is 5.69 Å². The van der Waals surface area contributed by atoms with Gasteiger partial charge in [-0.1, -0.05) is 41.6 Å². The third-order valence-corrected chi connectivity index (χ3v) is 5.92. The van der Waals surface area contributed by atoms with Gasteiger partial charge in [-0.2, -0.15) is 4.98 Å². The molecule has 0 saturated carbocycles. The molecule has 0 aliphatic carbocycles. The number of anilines is 2. The van der Waals surface area contributed by atoms with E-state index in [1.807, 2.05) is 23.1 Å². The molecule has 1 amide bonds. The highest BCUT2D eigenvalue weighted by Gasteiger charge is 2.23. The molecule has 0 saturated heterocycles. The Hall–Kier alpha value is -2.77. The number of amides is 1. The van der Waals surface area contributed by atoms with Crippen molar-refractivity contribution in [2.75, 3.05) is 22.9 Å². The number of carbonyl (C=O) groups excluding carboxylic acids is 1. The van der Waals surface area contributed by atoms with Gasteiger partial charge >= 0.3 is 0 Å². The largest absolute Gasteiger partial charge is 0.385 e. The van der Waals surface area contributed by atoms with Gasteiger partial charge in [0.15, 0.2) is 5.16 Å². The molecule has 29 heavy (non-hydrogen) atoms. The average molecular weight is 427 g/mol. The second-order valence-corrected chi connectivity index (χ2v) is 8.06. The number of carbonyl (C=O) groups is 1. The Balaban J connectivity index is 1.60. The summed E-state index contributed by atoms with van der Waals surface area (Å²) in [6, 6.07) is 16.3. The molecule has 1 aliphatic heterocycles. The lowest BCUT2D eigenvalue weighted by atomic mass is 10.0. The molecule has 0 bridgehead atoms. The summed E-state index contributed by atoms with van der Waals surface area (Å²) < 4.78 is 1.65. The molecule has 1 aliphatic rings.